The Hall–Kier alpha value is -2.04. The SMILES string of the molecule is Cl.O=C1NCN(c2ccccc2)C12CCN(C1CCCCC1c1ccccc1)CC2. The number of carbonyl (C=O) groups is 1. The molecule has 1 saturated carbocycles. The van der Waals surface area contributed by atoms with E-state index in [-0.39, 0.29) is 23.9 Å². The summed E-state index contributed by atoms with van der Waals surface area (Å²) in [5, 5.41) is 3.13. The molecule has 3 aliphatic rings. The number of rotatable bonds is 3. The molecule has 2 aromatic rings. The van der Waals surface area contributed by atoms with Crippen LogP contribution < -0.4 is 10.2 Å². The summed E-state index contributed by atoms with van der Waals surface area (Å²) in [5.74, 6) is 0.839. The van der Waals surface area contributed by atoms with Crippen molar-refractivity contribution < 1.29 is 4.79 Å². The van der Waals surface area contributed by atoms with E-state index in [2.05, 4.69) is 69.7 Å². The molecule has 30 heavy (non-hydrogen) atoms. The number of halogens is 1. The van der Waals surface area contributed by atoms with E-state index in [1.165, 1.54) is 31.2 Å². The fourth-order valence-corrected chi connectivity index (χ4v) is 5.90. The molecule has 2 saturated heterocycles. The molecule has 5 rings (SSSR count). The van der Waals surface area contributed by atoms with Crippen molar-refractivity contribution in [3.63, 3.8) is 0 Å². The summed E-state index contributed by atoms with van der Waals surface area (Å²) in [7, 11) is 0. The smallest absolute Gasteiger partial charge is 0.247 e. The summed E-state index contributed by atoms with van der Waals surface area (Å²) in [6.07, 6.45) is 7.04. The molecular weight excluding hydrogens is 394 g/mol. The number of benzene rings is 2. The summed E-state index contributed by atoms with van der Waals surface area (Å²) in [6.45, 7) is 2.63. The predicted molar refractivity (Wildman–Crippen MR) is 124 cm³/mol. The lowest BCUT2D eigenvalue weighted by Crippen LogP contribution is -2.58. The second-order valence-corrected chi connectivity index (χ2v) is 8.86. The van der Waals surface area contributed by atoms with Gasteiger partial charge in [0, 0.05) is 24.8 Å². The lowest BCUT2D eigenvalue weighted by atomic mass is 9.77. The summed E-state index contributed by atoms with van der Waals surface area (Å²) in [4.78, 5) is 17.9. The molecule has 0 radical (unpaired) electrons. The number of hydrogen-bond donors (Lipinski definition) is 1. The third-order valence-electron chi connectivity index (χ3n) is 7.46. The molecule has 2 atom stereocenters. The first kappa shape index (κ1) is 21.2. The van der Waals surface area contributed by atoms with Gasteiger partial charge in [0.05, 0.1) is 6.67 Å². The van der Waals surface area contributed by atoms with Gasteiger partial charge in [0.25, 0.3) is 0 Å². The highest BCUT2D eigenvalue weighted by atomic mass is 35.5. The van der Waals surface area contributed by atoms with Crippen molar-refractivity contribution in [1.82, 2.24) is 10.2 Å². The molecule has 4 nitrogen and oxygen atoms in total. The molecule has 2 heterocycles. The number of amides is 1. The predicted octanol–water partition coefficient (Wildman–Crippen LogP) is 4.56. The van der Waals surface area contributed by atoms with Gasteiger partial charge in [-0.2, -0.15) is 0 Å². The number of nitrogens with zero attached hydrogens (tertiary/aromatic N) is 2. The normalized spacial score (nSPS) is 26.3. The van der Waals surface area contributed by atoms with Crippen molar-refractivity contribution in [2.45, 2.75) is 56.0 Å². The third-order valence-corrected chi connectivity index (χ3v) is 7.46. The van der Waals surface area contributed by atoms with Gasteiger partial charge in [-0.1, -0.05) is 61.4 Å². The minimum Gasteiger partial charge on any atom is -0.339 e. The Bertz CT molecular complexity index is 836. The quantitative estimate of drug-likeness (QED) is 0.782. The fraction of sp³-hybridized carbons (Fsp3) is 0.480. The van der Waals surface area contributed by atoms with Crippen molar-refractivity contribution in [2.24, 2.45) is 0 Å². The maximum atomic E-state index is 12.9. The van der Waals surface area contributed by atoms with Crippen LogP contribution in [0.4, 0.5) is 5.69 Å². The molecule has 1 spiro atoms. The Morgan fingerprint density at radius 1 is 0.867 bits per heavy atom. The van der Waals surface area contributed by atoms with Crippen LogP contribution in [0.5, 0.6) is 0 Å². The Kier molecular flexibility index (Phi) is 6.35. The molecular formula is C25H32ClN3O. The highest BCUT2D eigenvalue weighted by molar-refractivity contribution is 5.93. The molecule has 0 bridgehead atoms. The average Bonchev–Trinajstić information content (AvgIpc) is 3.11. The number of likely N-dealkylation sites (tertiary alicyclic amines) is 1. The Labute approximate surface area is 186 Å². The number of carbonyl (C=O) groups excluding carboxylic acids is 1. The first-order chi connectivity index (χ1) is 14.3. The fourth-order valence-electron chi connectivity index (χ4n) is 5.90. The topological polar surface area (TPSA) is 35.6 Å². The first-order valence-corrected chi connectivity index (χ1v) is 11.2. The largest absolute Gasteiger partial charge is 0.339 e. The van der Waals surface area contributed by atoms with Crippen LogP contribution in [0, 0.1) is 0 Å². The molecule has 1 amide bonds. The molecule has 2 aliphatic heterocycles. The molecule has 3 fully saturated rings. The van der Waals surface area contributed by atoms with Gasteiger partial charge in [0.15, 0.2) is 0 Å². The van der Waals surface area contributed by atoms with Gasteiger partial charge in [-0.3, -0.25) is 9.69 Å². The van der Waals surface area contributed by atoms with Gasteiger partial charge in [-0.05, 0) is 49.3 Å². The molecule has 1 aliphatic carbocycles. The monoisotopic (exact) mass is 425 g/mol. The number of para-hydroxylation sites is 1. The van der Waals surface area contributed by atoms with Gasteiger partial charge in [-0.15, -0.1) is 12.4 Å². The van der Waals surface area contributed by atoms with E-state index in [4.69, 9.17) is 0 Å². The second kappa shape index (κ2) is 8.99. The highest BCUT2D eigenvalue weighted by Gasteiger charge is 2.51. The molecule has 2 aromatic carbocycles. The number of anilines is 1. The van der Waals surface area contributed by atoms with E-state index in [0.717, 1.165) is 31.6 Å². The van der Waals surface area contributed by atoms with Crippen LogP contribution in [0.15, 0.2) is 60.7 Å². The van der Waals surface area contributed by atoms with Crippen LogP contribution in [0.3, 0.4) is 0 Å². The van der Waals surface area contributed by atoms with E-state index >= 15 is 0 Å². The van der Waals surface area contributed by atoms with Gasteiger partial charge in [0.2, 0.25) is 5.91 Å². The van der Waals surface area contributed by atoms with Crippen LogP contribution >= 0.6 is 12.4 Å². The maximum Gasteiger partial charge on any atom is 0.247 e. The van der Waals surface area contributed by atoms with Gasteiger partial charge < -0.3 is 10.2 Å². The summed E-state index contributed by atoms with van der Waals surface area (Å²) in [6, 6.07) is 22.1. The van der Waals surface area contributed by atoms with Crippen molar-refractivity contribution >= 4 is 24.0 Å². The van der Waals surface area contributed by atoms with E-state index in [9.17, 15) is 4.79 Å². The van der Waals surface area contributed by atoms with Crippen molar-refractivity contribution in [3.8, 4) is 0 Å². The summed E-state index contributed by atoms with van der Waals surface area (Å²) < 4.78 is 0. The minimum atomic E-state index is -0.380. The highest BCUT2D eigenvalue weighted by Crippen LogP contribution is 2.41. The number of piperidine rings is 1. The van der Waals surface area contributed by atoms with E-state index in [0.29, 0.717) is 18.6 Å². The first-order valence-electron chi connectivity index (χ1n) is 11.2. The maximum absolute atomic E-state index is 12.9. The lowest BCUT2D eigenvalue weighted by Gasteiger charge is -2.48. The standard InChI is InChI=1S/C25H31N3O.ClH/c29-24-25(28(19-26-24)21-11-5-2-6-12-21)15-17-27(18-16-25)23-14-8-7-13-22(23)20-9-3-1-4-10-20;/h1-6,9-12,22-23H,7-8,13-19H2,(H,26,29);1H. The van der Waals surface area contributed by atoms with Crippen molar-refractivity contribution in [1.29, 1.82) is 0 Å². The van der Waals surface area contributed by atoms with Crippen LogP contribution in [-0.4, -0.2) is 42.1 Å². The van der Waals surface area contributed by atoms with E-state index in [1.807, 2.05) is 6.07 Å². The van der Waals surface area contributed by atoms with Crippen molar-refractivity contribution in [3.05, 3.63) is 66.2 Å². The van der Waals surface area contributed by atoms with Crippen LogP contribution in [0.2, 0.25) is 0 Å². The van der Waals surface area contributed by atoms with Crippen LogP contribution in [0.25, 0.3) is 0 Å². The minimum absolute atomic E-state index is 0. The van der Waals surface area contributed by atoms with E-state index in [1.54, 1.807) is 0 Å². The average molecular weight is 426 g/mol. The van der Waals surface area contributed by atoms with E-state index < -0.39 is 0 Å². The van der Waals surface area contributed by atoms with Gasteiger partial charge in [-0.25, -0.2) is 0 Å². The van der Waals surface area contributed by atoms with Gasteiger partial charge in [0.1, 0.15) is 5.54 Å². The Morgan fingerprint density at radius 2 is 1.50 bits per heavy atom. The molecule has 0 aromatic heterocycles. The van der Waals surface area contributed by atoms with Crippen molar-refractivity contribution in [2.75, 3.05) is 24.7 Å². The zero-order valence-electron chi connectivity index (χ0n) is 17.5. The summed E-state index contributed by atoms with van der Waals surface area (Å²) in [5.41, 5.74) is 2.26. The third kappa shape index (κ3) is 3.72. The lowest BCUT2D eigenvalue weighted by molar-refractivity contribution is -0.125. The van der Waals surface area contributed by atoms with Crippen LogP contribution in [0.1, 0.15) is 50.0 Å². The summed E-state index contributed by atoms with van der Waals surface area (Å²) >= 11 is 0. The number of hydrogen-bond acceptors (Lipinski definition) is 3. The molecule has 1 N–H and O–H groups in total. The molecule has 5 heteroatoms. The van der Waals surface area contributed by atoms with Gasteiger partial charge >= 0.3 is 0 Å². The Morgan fingerprint density at radius 3 is 2.20 bits per heavy atom. The second-order valence-electron chi connectivity index (χ2n) is 8.86. The molecule has 160 valence electrons. The zero-order chi connectivity index (χ0) is 19.7. The zero-order valence-corrected chi connectivity index (χ0v) is 18.3. The van der Waals surface area contributed by atoms with Crippen LogP contribution in [-0.2, 0) is 4.79 Å². The number of nitrogens with one attached hydrogen (secondary N) is 1. The molecule has 2 unspecified atom stereocenters. The Balaban J connectivity index is 0.00000218.